The Morgan fingerprint density at radius 3 is 2.37 bits per heavy atom. The minimum Gasteiger partial charge on any atom is -0.610 e. The SMILES string of the molecule is CCC/C=C/C=C\C=C/[B-]12OC(=O)C[C+]1CC(=O)O2. The summed E-state index contributed by atoms with van der Waals surface area (Å²) in [5.41, 5.74) is 0. The van der Waals surface area contributed by atoms with Crippen LogP contribution in [-0.2, 0) is 18.9 Å². The van der Waals surface area contributed by atoms with E-state index in [0.29, 0.717) is 0 Å². The van der Waals surface area contributed by atoms with Gasteiger partial charge in [-0.15, -0.1) is 5.98 Å². The van der Waals surface area contributed by atoms with Crippen LogP contribution in [0.3, 0.4) is 0 Å². The summed E-state index contributed by atoms with van der Waals surface area (Å²) in [7, 11) is 0. The standard InChI is InChI=1S/C14H17BO4/c1-2-3-4-5-6-7-8-9-15-12(10-13(16)18-15)11-14(17)19-15/h4-9H,2-3,10-11H2,1H3/b5-4+,7-6-,9-8-. The van der Waals surface area contributed by atoms with Gasteiger partial charge in [-0.3, -0.25) is 9.59 Å². The van der Waals surface area contributed by atoms with Gasteiger partial charge in [-0.1, -0.05) is 43.7 Å². The smallest absolute Gasteiger partial charge is 0.581 e. The molecule has 2 fully saturated rings. The molecule has 19 heavy (non-hydrogen) atoms. The van der Waals surface area contributed by atoms with Gasteiger partial charge >= 0.3 is 18.5 Å². The molecule has 0 saturated carbocycles. The average molecular weight is 260 g/mol. The lowest BCUT2D eigenvalue weighted by Gasteiger charge is -2.20. The van der Waals surface area contributed by atoms with Crippen molar-refractivity contribution in [2.24, 2.45) is 0 Å². The third-order valence-electron chi connectivity index (χ3n) is 3.21. The van der Waals surface area contributed by atoms with E-state index in [9.17, 15) is 9.59 Å². The number of hydrogen-bond acceptors (Lipinski definition) is 4. The van der Waals surface area contributed by atoms with Gasteiger partial charge in [0.1, 0.15) is 12.8 Å². The zero-order valence-corrected chi connectivity index (χ0v) is 11.0. The van der Waals surface area contributed by atoms with Gasteiger partial charge in [0.25, 0.3) is 0 Å². The molecule has 0 amide bonds. The number of unbranched alkanes of at least 4 members (excludes halogenated alkanes) is 1. The molecular formula is C14H17BO4. The summed E-state index contributed by atoms with van der Waals surface area (Å²) in [4.78, 5) is 22.6. The predicted octanol–water partition coefficient (Wildman–Crippen LogP) is 2.44. The van der Waals surface area contributed by atoms with E-state index in [1.165, 1.54) is 0 Å². The number of allylic oxidation sites excluding steroid dienone is 5. The summed E-state index contributed by atoms with van der Waals surface area (Å²) in [6.45, 7) is 0.159. The second-order valence-corrected chi connectivity index (χ2v) is 4.75. The molecule has 2 saturated heterocycles. The van der Waals surface area contributed by atoms with Crippen LogP contribution in [0.2, 0.25) is 0 Å². The molecule has 0 atom stereocenters. The lowest BCUT2D eigenvalue weighted by Crippen LogP contribution is -2.37. The summed E-state index contributed by atoms with van der Waals surface area (Å²) < 4.78 is 10.4. The molecule has 0 aromatic carbocycles. The highest BCUT2D eigenvalue weighted by atomic mass is 16.7. The van der Waals surface area contributed by atoms with Gasteiger partial charge in [-0.25, -0.2) is 0 Å². The Kier molecular flexibility index (Phi) is 4.15. The van der Waals surface area contributed by atoms with E-state index < -0.39 is 6.55 Å². The maximum atomic E-state index is 11.3. The van der Waals surface area contributed by atoms with E-state index in [2.05, 4.69) is 13.0 Å². The first-order valence-corrected chi connectivity index (χ1v) is 6.61. The zero-order chi connectivity index (χ0) is 13.7. The van der Waals surface area contributed by atoms with Crippen LogP contribution in [0.15, 0.2) is 36.4 Å². The van der Waals surface area contributed by atoms with E-state index in [0.717, 1.165) is 18.7 Å². The normalized spacial score (nSPS) is 21.6. The fraction of sp³-hybridized carbons (Fsp3) is 0.357. The van der Waals surface area contributed by atoms with E-state index in [-0.39, 0.29) is 24.8 Å². The zero-order valence-electron chi connectivity index (χ0n) is 11.0. The van der Waals surface area contributed by atoms with Gasteiger partial charge in [-0.2, -0.15) is 0 Å². The Bertz CT molecular complexity index is 430. The molecule has 100 valence electrons. The molecule has 2 heterocycles. The van der Waals surface area contributed by atoms with Crippen molar-refractivity contribution in [1.82, 2.24) is 0 Å². The Morgan fingerprint density at radius 2 is 1.74 bits per heavy atom. The third-order valence-corrected chi connectivity index (χ3v) is 3.21. The number of rotatable bonds is 5. The highest BCUT2D eigenvalue weighted by Gasteiger charge is 2.62. The molecule has 2 aliphatic heterocycles. The molecule has 0 aliphatic carbocycles. The van der Waals surface area contributed by atoms with Crippen molar-refractivity contribution in [3.05, 3.63) is 42.2 Å². The van der Waals surface area contributed by atoms with Crippen molar-refractivity contribution < 1.29 is 18.9 Å². The van der Waals surface area contributed by atoms with Crippen LogP contribution in [0.5, 0.6) is 0 Å². The molecule has 2 aliphatic rings. The first-order valence-electron chi connectivity index (χ1n) is 6.61. The first kappa shape index (κ1) is 13.5. The van der Waals surface area contributed by atoms with Crippen LogP contribution >= 0.6 is 0 Å². The molecule has 0 spiro atoms. The molecule has 0 unspecified atom stereocenters. The second kappa shape index (κ2) is 5.82. The van der Waals surface area contributed by atoms with Crippen LogP contribution in [0, 0.1) is 5.82 Å². The summed E-state index contributed by atoms with van der Waals surface area (Å²) in [6, 6.07) is 0. The van der Waals surface area contributed by atoms with Gasteiger partial charge in [0, 0.05) is 5.82 Å². The van der Waals surface area contributed by atoms with Crippen molar-refractivity contribution >= 4 is 18.5 Å². The van der Waals surface area contributed by atoms with Crippen LogP contribution < -0.4 is 0 Å². The lowest BCUT2D eigenvalue weighted by molar-refractivity contribution is -0.138. The van der Waals surface area contributed by atoms with Crippen LogP contribution in [-0.4, -0.2) is 18.5 Å². The van der Waals surface area contributed by atoms with Crippen molar-refractivity contribution in [2.75, 3.05) is 0 Å². The fourth-order valence-electron chi connectivity index (χ4n) is 2.28. The summed E-state index contributed by atoms with van der Waals surface area (Å²) in [6.07, 6.45) is 12.1. The molecule has 0 bridgehead atoms. The molecule has 0 N–H and O–H groups in total. The second-order valence-electron chi connectivity index (χ2n) is 4.75. The molecule has 5 heteroatoms. The highest BCUT2D eigenvalue weighted by molar-refractivity contribution is 6.84. The van der Waals surface area contributed by atoms with Gasteiger partial charge in [0.2, 0.25) is 0 Å². The Labute approximate surface area is 113 Å². The molecule has 2 rings (SSSR count). The lowest BCUT2D eigenvalue weighted by atomic mass is 9.49. The van der Waals surface area contributed by atoms with Crippen molar-refractivity contribution in [3.63, 3.8) is 0 Å². The van der Waals surface area contributed by atoms with Crippen molar-refractivity contribution in [1.29, 1.82) is 0 Å². The Hall–Kier alpha value is -1.91. The first-order chi connectivity index (χ1) is 9.16. The van der Waals surface area contributed by atoms with E-state index in [1.54, 1.807) is 12.1 Å². The Balaban J connectivity index is 1.96. The molecular weight excluding hydrogens is 243 g/mol. The van der Waals surface area contributed by atoms with Crippen molar-refractivity contribution in [3.8, 4) is 0 Å². The minimum absolute atomic E-state index is 0.191. The third kappa shape index (κ3) is 3.10. The van der Waals surface area contributed by atoms with Crippen molar-refractivity contribution in [2.45, 2.75) is 32.6 Å². The summed E-state index contributed by atoms with van der Waals surface area (Å²) in [5, 5.41) is 0. The van der Waals surface area contributed by atoms with Gasteiger partial charge in [0.05, 0.1) is 0 Å². The topological polar surface area (TPSA) is 52.6 Å². The van der Waals surface area contributed by atoms with Gasteiger partial charge in [-0.05, 0) is 6.42 Å². The summed E-state index contributed by atoms with van der Waals surface area (Å²) >= 11 is 0. The minimum atomic E-state index is -1.96. The van der Waals surface area contributed by atoms with Crippen LogP contribution in [0.4, 0.5) is 0 Å². The van der Waals surface area contributed by atoms with Crippen LogP contribution in [0.1, 0.15) is 32.6 Å². The molecule has 0 radical (unpaired) electrons. The summed E-state index contributed by atoms with van der Waals surface area (Å²) in [5.74, 6) is 1.79. The van der Waals surface area contributed by atoms with Crippen LogP contribution in [0.25, 0.3) is 0 Å². The van der Waals surface area contributed by atoms with E-state index in [4.69, 9.17) is 9.31 Å². The fourth-order valence-corrected chi connectivity index (χ4v) is 2.28. The average Bonchev–Trinajstić information content (AvgIpc) is 2.79. The highest BCUT2D eigenvalue weighted by Crippen LogP contribution is 2.40. The van der Waals surface area contributed by atoms with E-state index >= 15 is 0 Å². The predicted molar refractivity (Wildman–Crippen MR) is 72.7 cm³/mol. The van der Waals surface area contributed by atoms with E-state index in [1.807, 2.05) is 18.2 Å². The van der Waals surface area contributed by atoms with Gasteiger partial charge < -0.3 is 9.31 Å². The maximum Gasteiger partial charge on any atom is 0.581 e. The number of fused-ring (bicyclic) bond motifs is 1. The number of hydrogen-bond donors (Lipinski definition) is 0. The molecule has 4 nitrogen and oxygen atoms in total. The maximum absolute atomic E-state index is 11.3. The monoisotopic (exact) mass is 260 g/mol. The van der Waals surface area contributed by atoms with Gasteiger partial charge in [0.15, 0.2) is 0 Å². The number of carbonyl (C=O) groups is 2. The molecule has 0 aromatic heterocycles. The number of carbonyl (C=O) groups excluding carboxylic acids is 2. The largest absolute Gasteiger partial charge is 0.610 e. The quantitative estimate of drug-likeness (QED) is 0.433. The Morgan fingerprint density at radius 1 is 1.11 bits per heavy atom. The molecule has 0 aromatic rings.